The van der Waals surface area contributed by atoms with Gasteiger partial charge in [0.15, 0.2) is 22.9 Å². The van der Waals surface area contributed by atoms with E-state index in [1.807, 2.05) is 63.3 Å². The number of Topliss-reactive ketones (excluding diaryl/α,β-unsaturated/α-hetero) is 1. The number of ether oxygens (including phenoxy) is 5. The fourth-order valence-electron chi connectivity index (χ4n) is 9.39. The molecule has 3 saturated heterocycles. The van der Waals surface area contributed by atoms with Crippen molar-refractivity contribution >= 4 is 51.5 Å². The zero-order chi connectivity index (χ0) is 46.0. The summed E-state index contributed by atoms with van der Waals surface area (Å²) in [5.41, 5.74) is -0.197. The van der Waals surface area contributed by atoms with Crippen molar-refractivity contribution in [2.24, 2.45) is 33.8 Å². The van der Waals surface area contributed by atoms with Crippen LogP contribution in [0.4, 0.5) is 0 Å². The summed E-state index contributed by atoms with van der Waals surface area (Å²) in [5.74, 6) is -4.69. The Hall–Kier alpha value is -4.01. The molecule has 18 heteroatoms. The number of carbonyl (C=O) groups excluding carboxylic acids is 3. The summed E-state index contributed by atoms with van der Waals surface area (Å²) in [6.45, 7) is 14.8. The van der Waals surface area contributed by atoms with Crippen molar-refractivity contribution in [2.45, 2.75) is 142 Å². The lowest BCUT2D eigenvalue weighted by Crippen LogP contribution is -2.60. The molecule has 0 spiro atoms. The molecule has 1 aromatic carbocycles. The van der Waals surface area contributed by atoms with Gasteiger partial charge in [-0.25, -0.2) is 15.0 Å². The van der Waals surface area contributed by atoms with Gasteiger partial charge < -0.3 is 48.6 Å². The Morgan fingerprint density at radius 1 is 1.11 bits per heavy atom. The van der Waals surface area contributed by atoms with Crippen molar-refractivity contribution < 1.29 is 53.1 Å². The van der Waals surface area contributed by atoms with E-state index in [4.69, 9.17) is 28.5 Å². The summed E-state index contributed by atoms with van der Waals surface area (Å²) in [4.78, 5) is 66.1. The molecule has 2 bridgehead atoms. The first-order chi connectivity index (χ1) is 29.7. The van der Waals surface area contributed by atoms with E-state index >= 15 is 0 Å². The molecular weight excluding hydrogens is 833 g/mol. The Labute approximate surface area is 372 Å². The lowest BCUT2D eigenvalue weighted by atomic mass is 9.73. The maximum absolute atomic E-state index is 14.6. The standard InChI is InChI=1S/C45H64N6O11S/c1-12-34-45(9,56)39-25(4)35(47-28(7)52)23(2)19-44(8,38(26(5)36(53)27(6)42(55)61-34)62-43-37(54)33(51(10)11)17-24(3)60-43)58-22-30(21-57-39)50-59-20-29-13-14-31-32(18-29)49-40(48-31)41-46-15-16-63-41/h13-16,18,23-27,33-34,37-39,43,54,56H,12,17,19-22H2,1-11H3,(H,48,49)/b47-35?,50-30+/t23-,24-,25+,26+,27-,33+,34-,37-,38-,39+,43+,44-,45-/m1/s1. The number of aliphatic hydroxyl groups is 2. The number of aliphatic hydroxyl groups excluding tert-OH is 1. The van der Waals surface area contributed by atoms with Gasteiger partial charge in [-0.2, -0.15) is 0 Å². The van der Waals surface area contributed by atoms with Crippen LogP contribution in [0.25, 0.3) is 21.9 Å². The first kappa shape index (κ1) is 48.4. The minimum absolute atomic E-state index is 0.0669. The largest absolute Gasteiger partial charge is 0.459 e. The highest BCUT2D eigenvalue weighted by molar-refractivity contribution is 7.13. The number of aromatic nitrogens is 3. The van der Waals surface area contributed by atoms with Crippen LogP contribution < -0.4 is 0 Å². The Bertz CT molecular complexity index is 2140. The second-order valence-corrected chi connectivity index (χ2v) is 19.0. The molecule has 13 atom stereocenters. The van der Waals surface area contributed by atoms with Crippen molar-refractivity contribution in [1.82, 2.24) is 19.9 Å². The molecule has 346 valence electrons. The maximum Gasteiger partial charge on any atom is 0.316 e. The molecular formula is C45H64N6O11S. The number of aliphatic imine (C=N–C) groups is 1. The smallest absolute Gasteiger partial charge is 0.316 e. The number of aromatic amines is 1. The van der Waals surface area contributed by atoms with Crippen molar-refractivity contribution in [1.29, 1.82) is 0 Å². The van der Waals surface area contributed by atoms with Gasteiger partial charge in [-0.15, -0.1) is 11.3 Å². The predicted molar refractivity (Wildman–Crippen MR) is 236 cm³/mol. The molecule has 0 aliphatic carbocycles. The average Bonchev–Trinajstić information content (AvgIpc) is 3.92. The van der Waals surface area contributed by atoms with Crippen molar-refractivity contribution in [3.63, 3.8) is 0 Å². The van der Waals surface area contributed by atoms with E-state index in [0.29, 0.717) is 23.7 Å². The van der Waals surface area contributed by atoms with Crippen molar-refractivity contribution in [3.8, 4) is 10.8 Å². The van der Waals surface area contributed by atoms with E-state index in [2.05, 4.69) is 25.1 Å². The molecule has 3 aromatic rings. The quantitative estimate of drug-likeness (QED) is 0.152. The summed E-state index contributed by atoms with van der Waals surface area (Å²) >= 11 is 1.48. The number of thiazole rings is 1. The second kappa shape index (κ2) is 20.0. The number of likely N-dealkylation sites (N-methyl/N-ethyl adjacent to an activating group) is 1. The van der Waals surface area contributed by atoms with Gasteiger partial charge in [0, 0.05) is 42.1 Å². The first-order valence-electron chi connectivity index (χ1n) is 21.8. The number of imidazole rings is 1. The van der Waals surface area contributed by atoms with Crippen molar-refractivity contribution in [3.05, 3.63) is 35.3 Å². The maximum atomic E-state index is 14.6. The minimum atomic E-state index is -1.86. The van der Waals surface area contributed by atoms with Crippen molar-refractivity contribution in [2.75, 3.05) is 27.3 Å². The number of hydrogen-bond donors (Lipinski definition) is 3. The Morgan fingerprint density at radius 2 is 1.86 bits per heavy atom. The number of nitrogens with zero attached hydrogens (tertiary/aromatic N) is 5. The van der Waals surface area contributed by atoms with E-state index in [0.717, 1.165) is 21.6 Å². The van der Waals surface area contributed by atoms with Gasteiger partial charge in [0.2, 0.25) is 5.91 Å². The minimum Gasteiger partial charge on any atom is -0.459 e. The van der Waals surface area contributed by atoms with E-state index in [1.165, 1.54) is 32.1 Å². The Morgan fingerprint density at radius 3 is 2.52 bits per heavy atom. The molecule has 17 nitrogen and oxygen atoms in total. The van der Waals surface area contributed by atoms with Crippen LogP contribution in [-0.4, -0.2) is 141 Å². The number of H-pyrrole nitrogens is 1. The average molecular weight is 897 g/mol. The first-order valence-corrected chi connectivity index (χ1v) is 22.6. The van der Waals surface area contributed by atoms with Crippen LogP contribution in [0.3, 0.4) is 0 Å². The van der Waals surface area contributed by atoms with Gasteiger partial charge in [-0.1, -0.05) is 38.9 Å². The van der Waals surface area contributed by atoms with Gasteiger partial charge in [0.25, 0.3) is 0 Å². The van der Waals surface area contributed by atoms with E-state index in [1.54, 1.807) is 27.0 Å². The van der Waals surface area contributed by atoms with Gasteiger partial charge in [0.1, 0.15) is 36.0 Å². The lowest BCUT2D eigenvalue weighted by molar-refractivity contribution is -0.296. The SMILES string of the molecule is CC[C@H]1OC(=O)[C@H](C)C(=O)[C@H](C)[C@@H](O[C@@H]2O[C@H](C)C[C@H](N(C)C)[C@H]2O)[C@@]2(C)C[C@@H](C)C(=NC(C)=O)[C@H](C)[C@H](OC/C(=N\OCc3ccc4nc(-c5nccs5)[nH]c4c3)CO2)[C@]1(C)O. The number of esters is 1. The van der Waals surface area contributed by atoms with E-state index in [9.17, 15) is 24.6 Å². The van der Waals surface area contributed by atoms with E-state index < -0.39 is 83.2 Å². The molecule has 6 rings (SSSR count). The highest BCUT2D eigenvalue weighted by atomic mass is 32.1. The van der Waals surface area contributed by atoms with Crippen LogP contribution in [0.5, 0.6) is 0 Å². The molecule has 3 N–H and O–H groups in total. The fraction of sp³-hybridized carbons (Fsp3) is 0.667. The number of cyclic esters (lactones) is 1. The molecule has 0 saturated carbocycles. The number of fused-ring (bicyclic) bond motifs is 6. The molecule has 1 amide bonds. The normalized spacial score (nSPS) is 36.5. The molecule has 2 aromatic heterocycles. The summed E-state index contributed by atoms with van der Waals surface area (Å²) in [7, 11) is 3.73. The monoisotopic (exact) mass is 896 g/mol. The van der Waals surface area contributed by atoms with Gasteiger partial charge in [0.05, 0.1) is 48.2 Å². The number of benzene rings is 1. The summed E-state index contributed by atoms with van der Waals surface area (Å²) in [6.07, 6.45) is -3.44. The number of rotatable bonds is 8. The number of carbonyl (C=O) groups is 3. The molecule has 3 fully saturated rings. The topological polar surface area (TPSA) is 217 Å². The predicted octanol–water partition coefficient (Wildman–Crippen LogP) is 5.12. The fourth-order valence-corrected chi connectivity index (χ4v) is 9.97. The number of hydrogen-bond acceptors (Lipinski definition) is 16. The van der Waals surface area contributed by atoms with Crippen LogP contribution in [0.1, 0.15) is 87.1 Å². The summed E-state index contributed by atoms with van der Waals surface area (Å²) < 4.78 is 32.6. The zero-order valence-corrected chi connectivity index (χ0v) is 39.0. The van der Waals surface area contributed by atoms with Crippen LogP contribution >= 0.6 is 11.3 Å². The number of nitrogens with one attached hydrogen (secondary N) is 1. The molecule has 3 aliphatic heterocycles. The highest BCUT2D eigenvalue weighted by Gasteiger charge is 2.53. The molecule has 0 radical (unpaired) electrons. The third-order valence-electron chi connectivity index (χ3n) is 12.7. The third-order valence-corrected chi connectivity index (χ3v) is 13.5. The zero-order valence-electron chi connectivity index (χ0n) is 38.2. The van der Waals surface area contributed by atoms with Gasteiger partial charge >= 0.3 is 5.97 Å². The third kappa shape index (κ3) is 10.8. The molecule has 63 heavy (non-hydrogen) atoms. The number of amides is 1. The lowest BCUT2D eigenvalue weighted by Gasteiger charge is -2.47. The van der Waals surface area contributed by atoms with Crippen LogP contribution in [0, 0.1) is 23.7 Å². The van der Waals surface area contributed by atoms with Crippen LogP contribution in [0.2, 0.25) is 0 Å². The number of oxime groups is 1. The van der Waals surface area contributed by atoms with Gasteiger partial charge in [-0.3, -0.25) is 14.4 Å². The summed E-state index contributed by atoms with van der Waals surface area (Å²) in [6, 6.07) is 5.37. The molecule has 0 unspecified atom stereocenters. The Balaban J connectivity index is 1.44. The van der Waals surface area contributed by atoms with Gasteiger partial charge in [-0.05, 0) is 84.7 Å². The highest BCUT2D eigenvalue weighted by Crippen LogP contribution is 2.40. The van der Waals surface area contributed by atoms with Crippen LogP contribution in [-0.2, 0) is 49.5 Å². The Kier molecular flexibility index (Phi) is 15.4. The second-order valence-electron chi connectivity index (χ2n) is 18.1. The van der Waals surface area contributed by atoms with E-state index in [-0.39, 0.29) is 44.8 Å². The molecule has 3 aliphatic rings. The summed E-state index contributed by atoms with van der Waals surface area (Å²) in [5, 5.41) is 31.4. The number of ketones is 1. The molecule has 5 heterocycles. The van der Waals surface area contributed by atoms with Crippen LogP contribution in [0.15, 0.2) is 39.9 Å².